The van der Waals surface area contributed by atoms with E-state index in [1.165, 1.54) is 18.3 Å². The van der Waals surface area contributed by atoms with Crippen LogP contribution in [0.4, 0.5) is 11.4 Å². The number of nitro benzene ring substituents is 1. The summed E-state index contributed by atoms with van der Waals surface area (Å²) < 4.78 is 0. The van der Waals surface area contributed by atoms with Crippen LogP contribution in [0.1, 0.15) is 12.5 Å². The van der Waals surface area contributed by atoms with Gasteiger partial charge in [0.15, 0.2) is 0 Å². The van der Waals surface area contributed by atoms with Crippen LogP contribution in [-0.4, -0.2) is 22.3 Å². The van der Waals surface area contributed by atoms with E-state index in [-0.39, 0.29) is 22.0 Å². The molecule has 0 radical (unpaired) electrons. The predicted molar refractivity (Wildman–Crippen MR) is 103 cm³/mol. The summed E-state index contributed by atoms with van der Waals surface area (Å²) in [5, 5.41) is 22.7. The van der Waals surface area contributed by atoms with Gasteiger partial charge in [-0.15, -0.1) is 0 Å². The molecule has 0 aromatic heterocycles. The second-order valence-electron chi connectivity index (χ2n) is 5.58. The Kier molecular flexibility index (Phi) is 6.92. The molecule has 0 saturated carbocycles. The van der Waals surface area contributed by atoms with Crippen LogP contribution in [0.25, 0.3) is 0 Å². The number of anilines is 1. The van der Waals surface area contributed by atoms with Crippen LogP contribution in [0.15, 0.2) is 60.3 Å². The van der Waals surface area contributed by atoms with Gasteiger partial charge in [0.1, 0.15) is 16.7 Å². The van der Waals surface area contributed by atoms with E-state index in [1.807, 2.05) is 48.2 Å². The molecular weight excluding hydrogens is 368 g/mol. The van der Waals surface area contributed by atoms with E-state index in [4.69, 9.17) is 11.6 Å². The summed E-state index contributed by atoms with van der Waals surface area (Å²) in [6.07, 6.45) is 1.48. The molecule has 2 aromatic carbocycles. The number of amides is 1. The van der Waals surface area contributed by atoms with E-state index < -0.39 is 10.8 Å². The fraction of sp³-hybridized carbons (Fsp3) is 0.158. The van der Waals surface area contributed by atoms with Crippen molar-refractivity contribution in [1.29, 1.82) is 5.26 Å². The molecule has 0 heterocycles. The highest BCUT2D eigenvalue weighted by atomic mass is 35.5. The molecule has 0 saturated heterocycles. The van der Waals surface area contributed by atoms with Crippen molar-refractivity contribution >= 4 is 28.9 Å². The van der Waals surface area contributed by atoms with Gasteiger partial charge in [0, 0.05) is 31.0 Å². The molecule has 0 aliphatic heterocycles. The van der Waals surface area contributed by atoms with Crippen LogP contribution in [-0.2, 0) is 11.3 Å². The van der Waals surface area contributed by atoms with E-state index in [0.717, 1.165) is 11.6 Å². The Morgan fingerprint density at radius 3 is 2.63 bits per heavy atom. The van der Waals surface area contributed by atoms with Crippen molar-refractivity contribution in [1.82, 2.24) is 4.90 Å². The number of rotatable bonds is 7. The summed E-state index contributed by atoms with van der Waals surface area (Å²) in [6.45, 7) is 3.05. The lowest BCUT2D eigenvalue weighted by atomic mass is 10.2. The third-order valence-corrected chi connectivity index (χ3v) is 4.03. The lowest BCUT2D eigenvalue weighted by Gasteiger charge is -2.19. The highest BCUT2D eigenvalue weighted by Gasteiger charge is 2.16. The number of hydrogen-bond donors (Lipinski definition) is 1. The van der Waals surface area contributed by atoms with Crippen molar-refractivity contribution in [3.05, 3.63) is 81.0 Å². The summed E-state index contributed by atoms with van der Waals surface area (Å²) >= 11 is 5.76. The van der Waals surface area contributed by atoms with Gasteiger partial charge in [-0.3, -0.25) is 14.9 Å². The zero-order valence-electron chi connectivity index (χ0n) is 14.6. The molecule has 7 nitrogen and oxygen atoms in total. The van der Waals surface area contributed by atoms with Crippen molar-refractivity contribution in [3.8, 4) is 6.07 Å². The number of nitro groups is 1. The SMILES string of the molecule is CCN(/C=C(/C#N)C(=O)Nc1ccc(Cl)c([N+](=O)[O-])c1)Cc1ccccc1. The molecule has 0 spiro atoms. The molecule has 138 valence electrons. The molecule has 0 aliphatic rings. The molecule has 0 bridgehead atoms. The van der Waals surface area contributed by atoms with Crippen molar-refractivity contribution in [3.63, 3.8) is 0 Å². The van der Waals surface area contributed by atoms with E-state index in [0.29, 0.717) is 13.1 Å². The Labute approximate surface area is 161 Å². The lowest BCUT2D eigenvalue weighted by molar-refractivity contribution is -0.384. The van der Waals surface area contributed by atoms with Gasteiger partial charge in [0.05, 0.1) is 4.92 Å². The zero-order chi connectivity index (χ0) is 19.8. The van der Waals surface area contributed by atoms with Crippen LogP contribution in [0, 0.1) is 21.4 Å². The maximum atomic E-state index is 12.4. The molecule has 1 N–H and O–H groups in total. The van der Waals surface area contributed by atoms with E-state index in [1.54, 1.807) is 0 Å². The molecule has 2 aromatic rings. The summed E-state index contributed by atoms with van der Waals surface area (Å²) in [7, 11) is 0. The number of nitrogens with one attached hydrogen (secondary N) is 1. The first-order valence-electron chi connectivity index (χ1n) is 8.09. The number of hydrogen-bond acceptors (Lipinski definition) is 5. The monoisotopic (exact) mass is 384 g/mol. The molecule has 0 aliphatic carbocycles. The fourth-order valence-corrected chi connectivity index (χ4v) is 2.50. The average molecular weight is 385 g/mol. The molecule has 0 fully saturated rings. The minimum Gasteiger partial charge on any atom is -0.372 e. The summed E-state index contributed by atoms with van der Waals surface area (Å²) in [5.74, 6) is -0.652. The van der Waals surface area contributed by atoms with Crippen molar-refractivity contribution in [2.45, 2.75) is 13.5 Å². The lowest BCUT2D eigenvalue weighted by Crippen LogP contribution is -2.21. The topological polar surface area (TPSA) is 99.3 Å². The normalized spacial score (nSPS) is 10.8. The Morgan fingerprint density at radius 1 is 1.33 bits per heavy atom. The van der Waals surface area contributed by atoms with Gasteiger partial charge in [-0.05, 0) is 24.6 Å². The molecule has 0 atom stereocenters. The zero-order valence-corrected chi connectivity index (χ0v) is 15.3. The van der Waals surface area contributed by atoms with Crippen LogP contribution in [0.2, 0.25) is 5.02 Å². The molecule has 2 rings (SSSR count). The average Bonchev–Trinajstić information content (AvgIpc) is 2.67. The molecule has 0 unspecified atom stereocenters. The van der Waals surface area contributed by atoms with Crippen molar-refractivity contribution in [2.24, 2.45) is 0 Å². The summed E-state index contributed by atoms with van der Waals surface area (Å²) in [4.78, 5) is 24.5. The van der Waals surface area contributed by atoms with E-state index in [2.05, 4.69) is 5.32 Å². The Balaban J connectivity index is 2.17. The fourth-order valence-electron chi connectivity index (χ4n) is 2.32. The van der Waals surface area contributed by atoms with Crippen LogP contribution in [0.3, 0.4) is 0 Å². The smallest absolute Gasteiger partial charge is 0.289 e. The van der Waals surface area contributed by atoms with Crippen molar-refractivity contribution in [2.75, 3.05) is 11.9 Å². The molecule has 1 amide bonds. The van der Waals surface area contributed by atoms with E-state index >= 15 is 0 Å². The molecule has 8 heteroatoms. The third kappa shape index (κ3) is 5.56. The highest BCUT2D eigenvalue weighted by molar-refractivity contribution is 6.32. The van der Waals surface area contributed by atoms with Gasteiger partial charge >= 0.3 is 0 Å². The number of carbonyl (C=O) groups excluding carboxylic acids is 1. The number of carbonyl (C=O) groups is 1. The van der Waals surface area contributed by atoms with Gasteiger partial charge in [-0.1, -0.05) is 41.9 Å². The van der Waals surface area contributed by atoms with Gasteiger partial charge in [-0.2, -0.15) is 5.26 Å². The van der Waals surface area contributed by atoms with Gasteiger partial charge in [0.2, 0.25) is 0 Å². The second-order valence-corrected chi connectivity index (χ2v) is 5.99. The summed E-state index contributed by atoms with van der Waals surface area (Å²) in [6, 6.07) is 15.4. The quantitative estimate of drug-likeness (QED) is 0.335. The highest BCUT2D eigenvalue weighted by Crippen LogP contribution is 2.27. The molecule has 27 heavy (non-hydrogen) atoms. The minimum atomic E-state index is -0.652. The maximum absolute atomic E-state index is 12.4. The number of nitriles is 1. The largest absolute Gasteiger partial charge is 0.372 e. The standard InChI is InChI=1S/C19H17ClN4O3/c1-2-23(12-14-6-4-3-5-7-14)13-15(11-21)19(25)22-16-8-9-17(20)18(10-16)24(26)27/h3-10,13H,2,12H2,1H3,(H,22,25)/b15-13-. The predicted octanol–water partition coefficient (Wildman–Crippen LogP) is 4.12. The Hall–Kier alpha value is -3.37. The van der Waals surface area contributed by atoms with Gasteiger partial charge < -0.3 is 10.2 Å². The number of benzene rings is 2. The molecular formula is C19H17ClN4O3. The van der Waals surface area contributed by atoms with Gasteiger partial charge in [0.25, 0.3) is 11.6 Å². The van der Waals surface area contributed by atoms with Crippen LogP contribution >= 0.6 is 11.6 Å². The summed E-state index contributed by atoms with van der Waals surface area (Å²) in [5.41, 5.74) is 0.798. The first-order valence-corrected chi connectivity index (χ1v) is 8.47. The Bertz CT molecular complexity index is 907. The minimum absolute atomic E-state index is 0.0333. The number of nitrogens with zero attached hydrogens (tertiary/aromatic N) is 3. The maximum Gasteiger partial charge on any atom is 0.289 e. The van der Waals surface area contributed by atoms with Crippen LogP contribution in [0.5, 0.6) is 0 Å². The Morgan fingerprint density at radius 2 is 2.04 bits per heavy atom. The third-order valence-electron chi connectivity index (χ3n) is 3.71. The first kappa shape index (κ1) is 19.9. The second kappa shape index (κ2) is 9.36. The first-order chi connectivity index (χ1) is 12.9. The van der Waals surface area contributed by atoms with Crippen molar-refractivity contribution < 1.29 is 9.72 Å². The van der Waals surface area contributed by atoms with E-state index in [9.17, 15) is 20.2 Å². The van der Waals surface area contributed by atoms with Crippen LogP contribution < -0.4 is 5.32 Å². The number of halogens is 1. The van der Waals surface area contributed by atoms with Gasteiger partial charge in [-0.25, -0.2) is 0 Å².